The SMILES string of the molecule is COc1ccc(C)cc1NC(=O)c1cc(NC(C)C)nc(C)n1. The van der Waals surface area contributed by atoms with Crippen molar-refractivity contribution in [2.75, 3.05) is 17.7 Å². The molecule has 0 saturated heterocycles. The van der Waals surface area contributed by atoms with Crippen LogP contribution in [0.2, 0.25) is 0 Å². The molecule has 0 saturated carbocycles. The molecule has 2 aromatic rings. The van der Waals surface area contributed by atoms with E-state index >= 15 is 0 Å². The zero-order valence-corrected chi connectivity index (χ0v) is 14.1. The van der Waals surface area contributed by atoms with Crippen LogP contribution in [0.25, 0.3) is 0 Å². The molecule has 1 aromatic carbocycles. The smallest absolute Gasteiger partial charge is 0.274 e. The third-order valence-corrected chi connectivity index (χ3v) is 3.11. The Morgan fingerprint density at radius 3 is 2.57 bits per heavy atom. The van der Waals surface area contributed by atoms with Gasteiger partial charge in [0.2, 0.25) is 0 Å². The number of hydrogen-bond donors (Lipinski definition) is 2. The summed E-state index contributed by atoms with van der Waals surface area (Å²) in [6, 6.07) is 7.47. The molecular weight excluding hydrogens is 292 g/mol. The Morgan fingerprint density at radius 2 is 1.91 bits per heavy atom. The number of rotatable bonds is 5. The van der Waals surface area contributed by atoms with Crippen molar-refractivity contribution in [2.24, 2.45) is 0 Å². The van der Waals surface area contributed by atoms with Gasteiger partial charge in [-0.15, -0.1) is 0 Å². The molecule has 0 aliphatic carbocycles. The highest BCUT2D eigenvalue weighted by molar-refractivity contribution is 6.04. The van der Waals surface area contributed by atoms with Gasteiger partial charge in [0.25, 0.3) is 5.91 Å². The van der Waals surface area contributed by atoms with Gasteiger partial charge < -0.3 is 15.4 Å². The van der Waals surface area contributed by atoms with Gasteiger partial charge in [0, 0.05) is 12.1 Å². The third-order valence-electron chi connectivity index (χ3n) is 3.11. The minimum absolute atomic E-state index is 0.220. The fraction of sp³-hybridized carbons (Fsp3) is 0.353. The second-order valence-corrected chi connectivity index (χ2v) is 5.64. The van der Waals surface area contributed by atoms with E-state index in [9.17, 15) is 4.79 Å². The highest BCUT2D eigenvalue weighted by atomic mass is 16.5. The van der Waals surface area contributed by atoms with Crippen LogP contribution in [-0.4, -0.2) is 29.0 Å². The lowest BCUT2D eigenvalue weighted by Gasteiger charge is -2.13. The number of ether oxygens (including phenoxy) is 1. The standard InChI is InChI=1S/C17H22N4O2/c1-10(2)18-16-9-14(19-12(4)20-16)17(22)21-13-8-11(3)6-7-15(13)23-5/h6-10H,1-5H3,(H,21,22)(H,18,19,20). The van der Waals surface area contributed by atoms with Crippen LogP contribution in [0.3, 0.4) is 0 Å². The van der Waals surface area contributed by atoms with Gasteiger partial charge in [0.1, 0.15) is 23.1 Å². The van der Waals surface area contributed by atoms with E-state index in [4.69, 9.17) is 4.74 Å². The average Bonchev–Trinajstić information content (AvgIpc) is 2.46. The number of carbonyl (C=O) groups is 1. The Hall–Kier alpha value is -2.63. The van der Waals surface area contributed by atoms with Crippen LogP contribution in [0.4, 0.5) is 11.5 Å². The summed E-state index contributed by atoms with van der Waals surface area (Å²) in [6.45, 7) is 7.73. The molecule has 2 rings (SSSR count). The number of carbonyl (C=O) groups excluding carboxylic acids is 1. The van der Waals surface area contributed by atoms with Crippen molar-refractivity contribution in [3.8, 4) is 5.75 Å². The van der Waals surface area contributed by atoms with Gasteiger partial charge in [-0.3, -0.25) is 4.79 Å². The number of anilines is 2. The first kappa shape index (κ1) is 16.7. The lowest BCUT2D eigenvalue weighted by molar-refractivity contribution is 0.102. The zero-order valence-electron chi connectivity index (χ0n) is 14.1. The van der Waals surface area contributed by atoms with Crippen molar-refractivity contribution in [1.29, 1.82) is 0 Å². The Labute approximate surface area is 136 Å². The maximum Gasteiger partial charge on any atom is 0.274 e. The zero-order chi connectivity index (χ0) is 17.0. The monoisotopic (exact) mass is 314 g/mol. The molecule has 0 radical (unpaired) electrons. The van der Waals surface area contributed by atoms with Gasteiger partial charge in [0.15, 0.2) is 0 Å². The molecule has 0 unspecified atom stereocenters. The number of aromatic nitrogens is 2. The van der Waals surface area contributed by atoms with Gasteiger partial charge in [-0.1, -0.05) is 6.07 Å². The summed E-state index contributed by atoms with van der Waals surface area (Å²) in [5, 5.41) is 6.02. The van der Waals surface area contributed by atoms with E-state index in [0.29, 0.717) is 28.8 Å². The van der Waals surface area contributed by atoms with Crippen LogP contribution in [0, 0.1) is 13.8 Å². The molecule has 23 heavy (non-hydrogen) atoms. The minimum Gasteiger partial charge on any atom is -0.495 e. The molecule has 6 nitrogen and oxygen atoms in total. The summed E-state index contributed by atoms with van der Waals surface area (Å²) >= 11 is 0. The van der Waals surface area contributed by atoms with Crippen molar-refractivity contribution in [1.82, 2.24) is 9.97 Å². The molecule has 0 fully saturated rings. The number of aryl methyl sites for hydroxylation is 2. The molecule has 1 amide bonds. The maximum atomic E-state index is 12.5. The van der Waals surface area contributed by atoms with Gasteiger partial charge in [0.05, 0.1) is 12.8 Å². The van der Waals surface area contributed by atoms with Crippen molar-refractivity contribution < 1.29 is 9.53 Å². The first-order valence-electron chi connectivity index (χ1n) is 7.47. The molecular formula is C17H22N4O2. The summed E-state index contributed by atoms with van der Waals surface area (Å²) in [5.41, 5.74) is 1.96. The van der Waals surface area contributed by atoms with E-state index < -0.39 is 0 Å². The number of benzene rings is 1. The molecule has 0 aliphatic heterocycles. The van der Waals surface area contributed by atoms with Crippen LogP contribution >= 0.6 is 0 Å². The largest absolute Gasteiger partial charge is 0.495 e. The van der Waals surface area contributed by atoms with Crippen molar-refractivity contribution in [2.45, 2.75) is 33.7 Å². The normalized spacial score (nSPS) is 10.5. The van der Waals surface area contributed by atoms with Gasteiger partial charge >= 0.3 is 0 Å². The number of hydrogen-bond acceptors (Lipinski definition) is 5. The summed E-state index contributed by atoms with van der Waals surface area (Å²) in [6.07, 6.45) is 0. The van der Waals surface area contributed by atoms with Crippen LogP contribution in [-0.2, 0) is 0 Å². The number of amides is 1. The lowest BCUT2D eigenvalue weighted by Crippen LogP contribution is -2.18. The van der Waals surface area contributed by atoms with Gasteiger partial charge in [-0.25, -0.2) is 9.97 Å². The molecule has 6 heteroatoms. The van der Waals surface area contributed by atoms with Crippen LogP contribution in [0.15, 0.2) is 24.3 Å². The number of nitrogens with one attached hydrogen (secondary N) is 2. The fourth-order valence-corrected chi connectivity index (χ4v) is 2.16. The van der Waals surface area contributed by atoms with Crippen molar-refractivity contribution in [3.63, 3.8) is 0 Å². The Kier molecular flexibility index (Phi) is 5.16. The Morgan fingerprint density at radius 1 is 1.17 bits per heavy atom. The molecule has 1 heterocycles. The number of methoxy groups -OCH3 is 1. The molecule has 122 valence electrons. The second kappa shape index (κ2) is 7.09. The molecule has 0 atom stereocenters. The first-order chi connectivity index (χ1) is 10.9. The quantitative estimate of drug-likeness (QED) is 0.886. The van der Waals surface area contributed by atoms with Crippen molar-refractivity contribution >= 4 is 17.4 Å². The summed E-state index contributed by atoms with van der Waals surface area (Å²) in [7, 11) is 1.57. The highest BCUT2D eigenvalue weighted by Gasteiger charge is 2.13. The van der Waals surface area contributed by atoms with E-state index in [1.165, 1.54) is 0 Å². The van der Waals surface area contributed by atoms with Crippen LogP contribution in [0.1, 0.15) is 35.7 Å². The van der Waals surface area contributed by atoms with Crippen molar-refractivity contribution in [3.05, 3.63) is 41.3 Å². The third kappa shape index (κ3) is 4.42. The fourth-order valence-electron chi connectivity index (χ4n) is 2.16. The molecule has 1 aromatic heterocycles. The Balaban J connectivity index is 2.27. The van der Waals surface area contributed by atoms with Gasteiger partial charge in [-0.05, 0) is 45.4 Å². The van der Waals surface area contributed by atoms with Gasteiger partial charge in [-0.2, -0.15) is 0 Å². The van der Waals surface area contributed by atoms with E-state index in [2.05, 4.69) is 20.6 Å². The average molecular weight is 314 g/mol. The number of nitrogens with zero attached hydrogens (tertiary/aromatic N) is 2. The molecule has 0 bridgehead atoms. The summed E-state index contributed by atoms with van der Waals surface area (Å²) in [4.78, 5) is 21.0. The Bertz CT molecular complexity index is 714. The van der Waals surface area contributed by atoms with E-state index in [1.807, 2.05) is 39.0 Å². The predicted octanol–water partition coefficient (Wildman–Crippen LogP) is 3.17. The van der Waals surface area contributed by atoms with Crippen LogP contribution < -0.4 is 15.4 Å². The molecule has 0 spiro atoms. The van der Waals surface area contributed by atoms with E-state index in [0.717, 1.165) is 5.56 Å². The molecule has 2 N–H and O–H groups in total. The topological polar surface area (TPSA) is 76.1 Å². The summed E-state index contributed by atoms with van der Waals surface area (Å²) < 4.78 is 5.28. The first-order valence-corrected chi connectivity index (χ1v) is 7.47. The van der Waals surface area contributed by atoms with Crippen LogP contribution in [0.5, 0.6) is 5.75 Å². The molecule has 0 aliphatic rings. The second-order valence-electron chi connectivity index (χ2n) is 5.64. The minimum atomic E-state index is -0.300. The maximum absolute atomic E-state index is 12.5. The highest BCUT2D eigenvalue weighted by Crippen LogP contribution is 2.25. The summed E-state index contributed by atoms with van der Waals surface area (Å²) in [5.74, 6) is 1.48. The van der Waals surface area contributed by atoms with E-state index in [-0.39, 0.29) is 11.9 Å². The predicted molar refractivity (Wildman–Crippen MR) is 91.2 cm³/mol. The van der Waals surface area contributed by atoms with E-state index in [1.54, 1.807) is 20.1 Å². The lowest BCUT2D eigenvalue weighted by atomic mass is 10.2.